The van der Waals surface area contributed by atoms with Crippen LogP contribution in [0, 0.1) is 11.3 Å². The van der Waals surface area contributed by atoms with Crippen LogP contribution in [0.3, 0.4) is 0 Å². The molecule has 250 valence electrons. The number of rotatable bonds is 9. The Morgan fingerprint density at radius 3 is 2.16 bits per heavy atom. The molecule has 45 heavy (non-hydrogen) atoms. The van der Waals surface area contributed by atoms with Gasteiger partial charge in [-0.25, -0.2) is 4.79 Å². The first-order chi connectivity index (χ1) is 21.3. The Hall–Kier alpha value is -2.32. The summed E-state index contributed by atoms with van der Waals surface area (Å²) in [6.07, 6.45) is -17.5. The number of hydrogen-bond acceptors (Lipinski definition) is 16. The highest BCUT2D eigenvalue weighted by Crippen LogP contribution is 2.73. The summed E-state index contributed by atoms with van der Waals surface area (Å²) in [6.45, 7) is -0.263. The molecule has 1 aromatic carbocycles. The van der Waals surface area contributed by atoms with Crippen molar-refractivity contribution in [3.8, 4) is 0 Å². The number of carbonyl (C=O) groups is 2. The summed E-state index contributed by atoms with van der Waals surface area (Å²) >= 11 is 0. The molecule has 7 rings (SSSR count). The highest BCUT2D eigenvalue weighted by atomic mass is 16.7. The molecule has 8 N–H and O–H groups in total. The third-order valence-corrected chi connectivity index (χ3v) is 10.2. The maximum atomic E-state index is 13.5. The number of aliphatic hydroxyl groups excluding tert-OH is 8. The molecule has 3 aliphatic carbocycles. The van der Waals surface area contributed by atoms with Crippen LogP contribution in [0.2, 0.25) is 0 Å². The predicted molar refractivity (Wildman–Crippen MR) is 143 cm³/mol. The Balaban J connectivity index is 1.21. The van der Waals surface area contributed by atoms with Crippen LogP contribution >= 0.6 is 0 Å². The molecular formula is C29H38O16. The van der Waals surface area contributed by atoms with Crippen molar-refractivity contribution in [2.45, 2.75) is 98.5 Å². The summed E-state index contributed by atoms with van der Waals surface area (Å²) in [5.74, 6) is -2.23. The monoisotopic (exact) mass is 642 g/mol. The Labute approximate surface area is 256 Å². The molecule has 3 unspecified atom stereocenters. The van der Waals surface area contributed by atoms with Gasteiger partial charge in [0.25, 0.3) is 0 Å². The molecule has 16 nitrogen and oxygen atoms in total. The lowest BCUT2D eigenvalue weighted by atomic mass is 9.40. The fourth-order valence-corrected chi connectivity index (χ4v) is 7.57. The van der Waals surface area contributed by atoms with Gasteiger partial charge in [-0.15, -0.1) is 0 Å². The Kier molecular flexibility index (Phi) is 8.50. The van der Waals surface area contributed by atoms with Gasteiger partial charge in [0.2, 0.25) is 0 Å². The first-order valence-corrected chi connectivity index (χ1v) is 14.7. The van der Waals surface area contributed by atoms with Crippen LogP contribution in [0.15, 0.2) is 30.3 Å². The summed E-state index contributed by atoms with van der Waals surface area (Å²) < 4.78 is 34.3. The highest BCUT2D eigenvalue weighted by Gasteiger charge is 2.88. The van der Waals surface area contributed by atoms with Crippen molar-refractivity contribution in [2.75, 3.05) is 19.8 Å². The standard InChI is InChI=1S/C29H38O16/c1-27-8-14(31)13-7-29(27,28(13,26(39)45-27)11-41-23(38)12-5-3-2-4-6-12)44-25-22(37)20(35)18(33)16(43-25)10-40-24-21(36)19(34)17(32)15(9-30)42-24/h2-6,13-22,24-25,30-37H,7-11H2,1H3/t13?,14-,15-,16-,17-,18-,19+,20+,21-,22-,24-,25+,27?,28?,29+/m1/s1. The molecule has 0 aromatic heterocycles. The lowest BCUT2D eigenvalue weighted by molar-refractivity contribution is -0.397. The predicted octanol–water partition coefficient (Wildman–Crippen LogP) is -3.69. The average molecular weight is 643 g/mol. The Morgan fingerprint density at radius 2 is 1.49 bits per heavy atom. The van der Waals surface area contributed by atoms with Crippen LogP contribution in [0.1, 0.15) is 30.1 Å². The van der Waals surface area contributed by atoms with Crippen LogP contribution in [-0.2, 0) is 33.2 Å². The van der Waals surface area contributed by atoms with Gasteiger partial charge in [0.05, 0.1) is 24.9 Å². The maximum Gasteiger partial charge on any atom is 0.338 e. The molecule has 6 fully saturated rings. The molecule has 0 spiro atoms. The zero-order chi connectivity index (χ0) is 32.5. The summed E-state index contributed by atoms with van der Waals surface area (Å²) in [7, 11) is 0. The van der Waals surface area contributed by atoms with Gasteiger partial charge in [0.15, 0.2) is 12.6 Å². The Morgan fingerprint density at radius 1 is 0.867 bits per heavy atom. The van der Waals surface area contributed by atoms with Crippen molar-refractivity contribution in [1.29, 1.82) is 0 Å². The van der Waals surface area contributed by atoms with Gasteiger partial charge in [-0.05, 0) is 25.5 Å². The third-order valence-electron chi connectivity index (χ3n) is 10.2. The fourth-order valence-electron chi connectivity index (χ4n) is 7.57. The van der Waals surface area contributed by atoms with Crippen molar-refractivity contribution >= 4 is 11.9 Å². The van der Waals surface area contributed by atoms with E-state index in [2.05, 4.69) is 0 Å². The van der Waals surface area contributed by atoms with Crippen LogP contribution in [0.25, 0.3) is 0 Å². The van der Waals surface area contributed by atoms with E-state index in [1.165, 1.54) is 12.1 Å². The van der Waals surface area contributed by atoms with E-state index < -0.39 is 122 Å². The molecule has 6 aliphatic rings. The molecule has 3 saturated carbocycles. The van der Waals surface area contributed by atoms with Crippen LogP contribution in [0.4, 0.5) is 0 Å². The molecule has 16 heteroatoms. The molecule has 3 heterocycles. The summed E-state index contributed by atoms with van der Waals surface area (Å²) in [5.41, 5.74) is -4.50. The van der Waals surface area contributed by atoms with E-state index in [1.807, 2.05) is 0 Å². The second kappa shape index (κ2) is 11.7. The van der Waals surface area contributed by atoms with E-state index in [-0.39, 0.29) is 18.4 Å². The molecule has 0 amide bonds. The van der Waals surface area contributed by atoms with Crippen molar-refractivity contribution < 1.29 is 78.9 Å². The van der Waals surface area contributed by atoms with Crippen LogP contribution in [0.5, 0.6) is 0 Å². The molecule has 15 atom stereocenters. The molecule has 3 aliphatic heterocycles. The second-order valence-corrected chi connectivity index (χ2v) is 12.6. The minimum absolute atomic E-state index is 0.0323. The second-order valence-electron chi connectivity index (χ2n) is 12.6. The van der Waals surface area contributed by atoms with Crippen LogP contribution < -0.4 is 0 Å². The van der Waals surface area contributed by atoms with E-state index in [0.717, 1.165) is 0 Å². The number of aliphatic hydroxyl groups is 8. The van der Waals surface area contributed by atoms with Gasteiger partial charge < -0.3 is 69.3 Å². The third kappa shape index (κ3) is 4.82. The highest BCUT2D eigenvalue weighted by molar-refractivity contribution is 5.90. The van der Waals surface area contributed by atoms with Gasteiger partial charge in [-0.2, -0.15) is 0 Å². The molecule has 0 radical (unpaired) electrons. The maximum absolute atomic E-state index is 13.5. The van der Waals surface area contributed by atoms with Crippen molar-refractivity contribution in [2.24, 2.45) is 11.3 Å². The van der Waals surface area contributed by atoms with Crippen molar-refractivity contribution in [1.82, 2.24) is 0 Å². The number of benzene rings is 1. The SMILES string of the molecule is CC12C[C@@H](O)C3C[C@@]1(O[C@@H]1O[C@H](CO[C@@H]4O[C@H](CO)[C@@H](O)[C@H](O)[C@H]4O)[C@@H](O)[C@H](O)[C@H]1O)C3(COC(=O)c1ccccc1)C(=O)O2. The number of fused-ring (bicyclic) bond motifs is 1. The molecule has 1 aromatic rings. The zero-order valence-electron chi connectivity index (χ0n) is 24.2. The minimum atomic E-state index is -1.84. The normalized spacial score (nSPS) is 48.8. The number of ether oxygens (including phenoxy) is 6. The van der Waals surface area contributed by atoms with Gasteiger partial charge >= 0.3 is 11.9 Å². The van der Waals surface area contributed by atoms with E-state index in [4.69, 9.17) is 28.4 Å². The quantitative estimate of drug-likeness (QED) is 0.121. The average Bonchev–Trinajstić information content (AvgIpc) is 3.08. The molecule has 3 saturated heterocycles. The fraction of sp³-hybridized carbons (Fsp3) is 0.724. The summed E-state index contributed by atoms with van der Waals surface area (Å²) in [4.78, 5) is 26.4. The van der Waals surface area contributed by atoms with Gasteiger partial charge in [-0.1, -0.05) is 18.2 Å². The van der Waals surface area contributed by atoms with Crippen molar-refractivity contribution in [3.05, 3.63) is 35.9 Å². The summed E-state index contributed by atoms with van der Waals surface area (Å²) in [5, 5.41) is 83.0. The summed E-state index contributed by atoms with van der Waals surface area (Å²) in [6, 6.07) is 8.06. The topological polar surface area (TPSA) is 251 Å². The number of esters is 2. The van der Waals surface area contributed by atoms with Crippen LogP contribution in [-0.4, -0.2) is 151 Å². The zero-order valence-corrected chi connectivity index (χ0v) is 24.2. The lowest BCUT2D eigenvalue weighted by Gasteiger charge is -2.66. The minimum Gasteiger partial charge on any atom is -0.461 e. The Bertz CT molecular complexity index is 1260. The van der Waals surface area contributed by atoms with E-state index in [9.17, 15) is 50.4 Å². The molecular weight excluding hydrogens is 604 g/mol. The first-order valence-electron chi connectivity index (χ1n) is 14.7. The number of carbonyl (C=O) groups excluding carboxylic acids is 2. The van der Waals surface area contributed by atoms with E-state index in [0.29, 0.717) is 0 Å². The number of hydrogen-bond donors (Lipinski definition) is 8. The first kappa shape index (κ1) is 32.6. The van der Waals surface area contributed by atoms with E-state index >= 15 is 0 Å². The lowest BCUT2D eigenvalue weighted by Crippen LogP contribution is -2.80. The van der Waals surface area contributed by atoms with Crippen molar-refractivity contribution in [3.63, 3.8) is 0 Å². The molecule has 4 bridgehead atoms. The largest absolute Gasteiger partial charge is 0.461 e. The van der Waals surface area contributed by atoms with E-state index in [1.54, 1.807) is 25.1 Å². The van der Waals surface area contributed by atoms with Gasteiger partial charge in [0.1, 0.15) is 72.1 Å². The van der Waals surface area contributed by atoms with Gasteiger partial charge in [0, 0.05) is 12.3 Å². The van der Waals surface area contributed by atoms with Gasteiger partial charge in [-0.3, -0.25) is 4.79 Å². The smallest absolute Gasteiger partial charge is 0.338 e.